The van der Waals surface area contributed by atoms with Gasteiger partial charge in [0.15, 0.2) is 0 Å². The fourth-order valence-corrected chi connectivity index (χ4v) is 3.39. The number of piperidine rings is 1. The molecule has 1 aromatic rings. The summed E-state index contributed by atoms with van der Waals surface area (Å²) in [5, 5.41) is 11.7. The molecule has 0 aromatic carbocycles. The normalized spacial score (nSPS) is 23.5. The first-order valence-electron chi connectivity index (χ1n) is 7.87. The maximum atomic E-state index is 12.3. The van der Waals surface area contributed by atoms with E-state index in [1.165, 1.54) is 4.90 Å². The maximum absolute atomic E-state index is 12.3. The molecule has 0 radical (unpaired) electrons. The van der Waals surface area contributed by atoms with E-state index in [0.717, 1.165) is 0 Å². The summed E-state index contributed by atoms with van der Waals surface area (Å²) < 4.78 is 42.2. The van der Waals surface area contributed by atoms with E-state index in [4.69, 9.17) is 10.2 Å². The largest absolute Gasteiger partial charge is 1.00 e. The van der Waals surface area contributed by atoms with Gasteiger partial charge in [-0.15, -0.1) is 10.2 Å². The third-order valence-electron chi connectivity index (χ3n) is 4.10. The van der Waals surface area contributed by atoms with Crippen molar-refractivity contribution in [3.05, 3.63) is 11.8 Å². The number of nitrogens with one attached hydrogen (secondary N) is 1. The van der Waals surface area contributed by atoms with E-state index in [1.54, 1.807) is 0 Å². The van der Waals surface area contributed by atoms with Crippen molar-refractivity contribution in [2.24, 2.45) is 5.73 Å². The lowest BCUT2D eigenvalue weighted by Crippen LogP contribution is -2.35. The van der Waals surface area contributed by atoms with Gasteiger partial charge in [0.25, 0.3) is 0 Å². The molecule has 2 bridgehead atoms. The Morgan fingerprint density at radius 2 is 2.20 bits per heavy atom. The summed E-state index contributed by atoms with van der Waals surface area (Å²) in [6, 6.07) is -1.66. The average Bonchev–Trinajstić information content (AvgIpc) is 3.11. The van der Waals surface area contributed by atoms with Crippen molar-refractivity contribution in [2.45, 2.75) is 31.3 Å². The second kappa shape index (κ2) is 7.21. The molecule has 0 spiro atoms. The fourth-order valence-electron chi connectivity index (χ4n) is 3.01. The number of aromatic nitrogens is 2. The van der Waals surface area contributed by atoms with Gasteiger partial charge in [0, 0.05) is 32.6 Å². The molecule has 1 aromatic heterocycles. The number of hydrogen-bond acceptors (Lipinski definition) is 10. The second-order valence-corrected chi connectivity index (χ2v) is 6.78. The number of carbonyl (C=O) groups is 1. The molecule has 0 aliphatic carbocycles. The SMILES string of the molecule is NCCNCCc1nnc([C@@H]2CC[C@@H]3CN2C(=O)N3OS(=O)(=O)[O-])o1.[H+]. The molecule has 13 heteroatoms. The van der Waals surface area contributed by atoms with Crippen LogP contribution in [0.4, 0.5) is 4.79 Å². The Labute approximate surface area is 145 Å². The summed E-state index contributed by atoms with van der Waals surface area (Å²) in [6.45, 7) is 2.09. The summed E-state index contributed by atoms with van der Waals surface area (Å²) in [6.07, 6.45) is 1.49. The van der Waals surface area contributed by atoms with Crippen LogP contribution in [0.3, 0.4) is 0 Å². The molecular formula is C12H20N6O6S. The number of urea groups is 1. The number of hydroxylamine groups is 2. The Morgan fingerprint density at radius 1 is 1.40 bits per heavy atom. The lowest BCUT2D eigenvalue weighted by molar-refractivity contribution is -0.0328. The van der Waals surface area contributed by atoms with Crippen molar-refractivity contribution in [1.82, 2.24) is 25.5 Å². The molecule has 3 N–H and O–H groups in total. The monoisotopic (exact) mass is 376 g/mol. The first-order valence-corrected chi connectivity index (χ1v) is 9.20. The van der Waals surface area contributed by atoms with Crippen LogP contribution >= 0.6 is 0 Å². The number of hydrogen-bond donors (Lipinski definition) is 2. The molecule has 3 rings (SSSR count). The number of nitrogens with zero attached hydrogens (tertiary/aromatic N) is 4. The molecule has 3 heterocycles. The molecular weight excluding hydrogens is 356 g/mol. The molecule has 2 aliphatic rings. The second-order valence-electron chi connectivity index (χ2n) is 5.81. The van der Waals surface area contributed by atoms with Crippen LogP contribution in [0.1, 0.15) is 32.1 Å². The number of fused-ring (bicyclic) bond motifs is 2. The van der Waals surface area contributed by atoms with Crippen LogP contribution in [0.2, 0.25) is 0 Å². The van der Waals surface area contributed by atoms with Crippen molar-refractivity contribution in [2.75, 3.05) is 26.2 Å². The molecule has 25 heavy (non-hydrogen) atoms. The Balaban J connectivity index is 0.00000243. The molecule has 2 saturated heterocycles. The lowest BCUT2D eigenvalue weighted by Gasteiger charge is -2.27. The van der Waals surface area contributed by atoms with Crippen LogP contribution < -0.4 is 11.1 Å². The Morgan fingerprint density at radius 3 is 2.92 bits per heavy atom. The molecule has 2 fully saturated rings. The van der Waals surface area contributed by atoms with E-state index >= 15 is 0 Å². The lowest BCUT2D eigenvalue weighted by atomic mass is 10.0. The van der Waals surface area contributed by atoms with Crippen molar-refractivity contribution in [1.29, 1.82) is 0 Å². The zero-order valence-corrected chi connectivity index (χ0v) is 14.1. The van der Waals surface area contributed by atoms with Gasteiger partial charge < -0.3 is 24.9 Å². The number of nitrogens with two attached hydrogens (primary N) is 1. The molecule has 2 atom stereocenters. The van der Waals surface area contributed by atoms with Gasteiger partial charge in [0.05, 0.1) is 6.04 Å². The van der Waals surface area contributed by atoms with Gasteiger partial charge in [-0.05, 0) is 12.8 Å². The maximum Gasteiger partial charge on any atom is 1.00 e. The van der Waals surface area contributed by atoms with E-state index in [0.29, 0.717) is 49.9 Å². The molecule has 0 saturated carbocycles. The highest BCUT2D eigenvalue weighted by Gasteiger charge is 2.48. The predicted molar refractivity (Wildman–Crippen MR) is 81.5 cm³/mol. The summed E-state index contributed by atoms with van der Waals surface area (Å²) >= 11 is 0. The third kappa shape index (κ3) is 4.07. The van der Waals surface area contributed by atoms with Crippen molar-refractivity contribution in [3.8, 4) is 0 Å². The Kier molecular flexibility index (Phi) is 5.19. The highest BCUT2D eigenvalue weighted by atomic mass is 32.3. The fraction of sp³-hybridized carbons (Fsp3) is 0.750. The van der Waals surface area contributed by atoms with Gasteiger partial charge >= 0.3 is 7.46 Å². The van der Waals surface area contributed by atoms with Crippen LogP contribution in [0, 0.1) is 0 Å². The third-order valence-corrected chi connectivity index (χ3v) is 4.44. The first-order chi connectivity index (χ1) is 11.9. The van der Waals surface area contributed by atoms with Crippen LogP contribution in [-0.2, 0) is 21.1 Å². The molecule has 12 nitrogen and oxygen atoms in total. The van der Waals surface area contributed by atoms with Crippen LogP contribution in [0.5, 0.6) is 0 Å². The minimum atomic E-state index is -5.01. The highest BCUT2D eigenvalue weighted by molar-refractivity contribution is 7.80. The minimum Gasteiger partial charge on any atom is -0.724 e. The highest BCUT2D eigenvalue weighted by Crippen LogP contribution is 2.38. The van der Waals surface area contributed by atoms with Crippen LogP contribution in [0.15, 0.2) is 4.42 Å². The summed E-state index contributed by atoms with van der Waals surface area (Å²) in [7, 11) is -5.01. The van der Waals surface area contributed by atoms with E-state index in [1.807, 2.05) is 0 Å². The topological polar surface area (TPSA) is 167 Å². The average molecular weight is 376 g/mol. The molecule has 2 aliphatic heterocycles. The minimum absolute atomic E-state index is 0. The number of amides is 2. The zero-order chi connectivity index (χ0) is 18.0. The van der Waals surface area contributed by atoms with Gasteiger partial charge in [0.2, 0.25) is 22.2 Å². The van der Waals surface area contributed by atoms with Gasteiger partial charge in [0.1, 0.15) is 6.04 Å². The van der Waals surface area contributed by atoms with Gasteiger partial charge in [-0.3, -0.25) is 0 Å². The number of carbonyl (C=O) groups excluding carboxylic acids is 1. The molecule has 0 unspecified atom stereocenters. The Hall–Kier alpha value is -1.80. The first kappa shape index (κ1) is 18.0. The molecule has 2 amide bonds. The van der Waals surface area contributed by atoms with Gasteiger partial charge in [-0.1, -0.05) is 0 Å². The van der Waals surface area contributed by atoms with E-state index in [9.17, 15) is 17.8 Å². The van der Waals surface area contributed by atoms with Gasteiger partial charge in [-0.25, -0.2) is 13.2 Å². The van der Waals surface area contributed by atoms with Crippen LogP contribution in [0.25, 0.3) is 0 Å². The Bertz CT molecular complexity index is 730. The van der Waals surface area contributed by atoms with Crippen LogP contribution in [-0.4, -0.2) is 71.4 Å². The van der Waals surface area contributed by atoms with Crippen molar-refractivity contribution < 1.29 is 27.9 Å². The van der Waals surface area contributed by atoms with Crippen molar-refractivity contribution in [3.63, 3.8) is 0 Å². The van der Waals surface area contributed by atoms with Gasteiger partial charge in [-0.2, -0.15) is 9.35 Å². The summed E-state index contributed by atoms with van der Waals surface area (Å²) in [5.74, 6) is 0.719. The zero-order valence-electron chi connectivity index (χ0n) is 14.3. The van der Waals surface area contributed by atoms with E-state index < -0.39 is 28.5 Å². The smallest absolute Gasteiger partial charge is 0.724 e. The molecule has 140 valence electrons. The van der Waals surface area contributed by atoms with E-state index in [-0.39, 0.29) is 13.9 Å². The standard InChI is InChI=1S/C12H20N6O6S/c13-4-6-14-5-3-10-15-16-11(23-10)9-2-1-8-7-17(9)12(19)18(8)24-25(20,21)22/h8-9,14H,1-7,13H2,(H,20,21,22)/t8-,9+/m1/s1. The number of rotatable bonds is 8. The summed E-state index contributed by atoms with van der Waals surface area (Å²) in [5.41, 5.74) is 5.38. The van der Waals surface area contributed by atoms with E-state index in [2.05, 4.69) is 19.8 Å². The predicted octanol–water partition coefficient (Wildman–Crippen LogP) is -1.39. The summed E-state index contributed by atoms with van der Waals surface area (Å²) in [4.78, 5) is 13.7. The van der Waals surface area contributed by atoms with Crippen molar-refractivity contribution >= 4 is 16.4 Å². The quantitative estimate of drug-likeness (QED) is 0.313.